The van der Waals surface area contributed by atoms with E-state index in [-0.39, 0.29) is 28.0 Å². The standard InChI is InChI=1S/C19H13Cl3N2O4/c1-27-17(25)10-28-18-15(21)6-11(7-16(18)22)5-12(9-23)19(26)24-14-4-2-3-13(20)8-14/h2-8H,10H2,1H3,(H,24,26)/b12-5+. The molecule has 0 radical (unpaired) electrons. The van der Waals surface area contributed by atoms with E-state index < -0.39 is 11.9 Å². The Labute approximate surface area is 176 Å². The number of carbonyl (C=O) groups excluding carboxylic acids is 2. The molecule has 0 aliphatic heterocycles. The van der Waals surface area contributed by atoms with E-state index in [1.807, 2.05) is 6.07 Å². The maximum absolute atomic E-state index is 12.3. The molecule has 1 amide bonds. The van der Waals surface area contributed by atoms with Crippen LogP contribution in [0.2, 0.25) is 15.1 Å². The number of hydrogen-bond acceptors (Lipinski definition) is 5. The van der Waals surface area contributed by atoms with Gasteiger partial charge in [0, 0.05) is 10.7 Å². The first-order chi connectivity index (χ1) is 13.3. The number of methoxy groups -OCH3 is 1. The van der Waals surface area contributed by atoms with Crippen LogP contribution in [0.5, 0.6) is 5.75 Å². The van der Waals surface area contributed by atoms with Crippen LogP contribution in [0.15, 0.2) is 42.0 Å². The Morgan fingerprint density at radius 1 is 1.18 bits per heavy atom. The number of amides is 1. The summed E-state index contributed by atoms with van der Waals surface area (Å²) in [5.41, 5.74) is 0.676. The van der Waals surface area contributed by atoms with Gasteiger partial charge in [-0.25, -0.2) is 4.79 Å². The lowest BCUT2D eigenvalue weighted by Gasteiger charge is -2.10. The van der Waals surface area contributed by atoms with Crippen LogP contribution in [0.4, 0.5) is 5.69 Å². The Bertz CT molecular complexity index is 960. The molecule has 28 heavy (non-hydrogen) atoms. The van der Waals surface area contributed by atoms with Crippen molar-refractivity contribution < 1.29 is 19.1 Å². The van der Waals surface area contributed by atoms with E-state index in [4.69, 9.17) is 39.5 Å². The molecule has 0 aromatic heterocycles. The first-order valence-corrected chi connectivity index (χ1v) is 8.84. The molecule has 0 aliphatic rings. The van der Waals surface area contributed by atoms with Gasteiger partial charge in [0.2, 0.25) is 0 Å². The average Bonchev–Trinajstić information content (AvgIpc) is 2.65. The van der Waals surface area contributed by atoms with Crippen LogP contribution in [0, 0.1) is 11.3 Å². The van der Waals surface area contributed by atoms with Gasteiger partial charge in [-0.1, -0.05) is 40.9 Å². The Hall–Kier alpha value is -2.72. The van der Waals surface area contributed by atoms with E-state index in [1.54, 1.807) is 24.3 Å². The summed E-state index contributed by atoms with van der Waals surface area (Å²) in [7, 11) is 1.22. The molecule has 0 fully saturated rings. The lowest BCUT2D eigenvalue weighted by Crippen LogP contribution is -2.13. The molecule has 6 nitrogen and oxygen atoms in total. The third-order valence-corrected chi connectivity index (χ3v) is 4.14. The molecule has 2 rings (SSSR count). The fourth-order valence-electron chi connectivity index (χ4n) is 2.07. The Kier molecular flexibility index (Phi) is 7.70. The number of nitriles is 1. The van der Waals surface area contributed by atoms with E-state index in [0.717, 1.165) is 0 Å². The van der Waals surface area contributed by atoms with Gasteiger partial charge in [0.25, 0.3) is 5.91 Å². The van der Waals surface area contributed by atoms with Crippen LogP contribution >= 0.6 is 34.8 Å². The predicted octanol–water partition coefficient (Wildman–Crippen LogP) is 4.74. The third-order valence-electron chi connectivity index (χ3n) is 3.34. The summed E-state index contributed by atoms with van der Waals surface area (Å²) in [5.74, 6) is -1.13. The topological polar surface area (TPSA) is 88.4 Å². The molecule has 0 saturated carbocycles. The third kappa shape index (κ3) is 5.89. The van der Waals surface area contributed by atoms with Gasteiger partial charge in [0.1, 0.15) is 11.6 Å². The molecule has 0 aliphatic carbocycles. The summed E-state index contributed by atoms with van der Waals surface area (Å²) >= 11 is 18.1. The highest BCUT2D eigenvalue weighted by Gasteiger charge is 2.14. The van der Waals surface area contributed by atoms with Crippen molar-refractivity contribution >= 4 is 58.4 Å². The Balaban J connectivity index is 2.22. The van der Waals surface area contributed by atoms with Crippen molar-refractivity contribution in [2.75, 3.05) is 19.0 Å². The van der Waals surface area contributed by atoms with E-state index in [2.05, 4.69) is 10.1 Å². The lowest BCUT2D eigenvalue weighted by atomic mass is 10.1. The number of nitrogens with zero attached hydrogens (tertiary/aromatic N) is 1. The highest BCUT2D eigenvalue weighted by atomic mass is 35.5. The number of halogens is 3. The van der Waals surface area contributed by atoms with Crippen LogP contribution in [0.1, 0.15) is 5.56 Å². The monoisotopic (exact) mass is 438 g/mol. The Morgan fingerprint density at radius 2 is 1.86 bits per heavy atom. The molecule has 0 atom stereocenters. The molecule has 144 valence electrons. The number of benzene rings is 2. The first kappa shape index (κ1) is 21.6. The number of esters is 1. The number of ether oxygens (including phenoxy) is 2. The molecule has 0 spiro atoms. The second-order valence-electron chi connectivity index (χ2n) is 5.31. The molecule has 2 aromatic rings. The summed E-state index contributed by atoms with van der Waals surface area (Å²) in [6, 6.07) is 11.2. The largest absolute Gasteiger partial charge is 0.479 e. The molecule has 9 heteroatoms. The minimum atomic E-state index is -0.622. The molecule has 0 bridgehead atoms. The normalized spacial score (nSPS) is 10.8. The minimum absolute atomic E-state index is 0.0905. The summed E-state index contributed by atoms with van der Waals surface area (Å²) in [6.07, 6.45) is 1.32. The van der Waals surface area contributed by atoms with Gasteiger partial charge >= 0.3 is 5.97 Å². The van der Waals surface area contributed by atoms with Gasteiger partial charge in [-0.15, -0.1) is 0 Å². The molecule has 2 aromatic carbocycles. The van der Waals surface area contributed by atoms with Crippen LogP contribution < -0.4 is 10.1 Å². The molecule has 0 heterocycles. The minimum Gasteiger partial charge on any atom is -0.479 e. The maximum atomic E-state index is 12.3. The first-order valence-electron chi connectivity index (χ1n) is 7.71. The van der Waals surface area contributed by atoms with E-state index in [0.29, 0.717) is 16.3 Å². The number of carbonyl (C=O) groups is 2. The molecule has 1 N–H and O–H groups in total. The quantitative estimate of drug-likeness (QED) is 0.399. The maximum Gasteiger partial charge on any atom is 0.343 e. The number of rotatable bonds is 6. The van der Waals surface area contributed by atoms with Gasteiger partial charge in [0.05, 0.1) is 17.2 Å². The molecular formula is C19H13Cl3N2O4. The van der Waals surface area contributed by atoms with Gasteiger partial charge in [-0.3, -0.25) is 4.79 Å². The summed E-state index contributed by atoms with van der Waals surface area (Å²) in [4.78, 5) is 23.5. The lowest BCUT2D eigenvalue weighted by molar-refractivity contribution is -0.142. The smallest absolute Gasteiger partial charge is 0.343 e. The van der Waals surface area contributed by atoms with Gasteiger partial charge in [-0.05, 0) is 42.0 Å². The number of nitrogens with one attached hydrogen (secondary N) is 1. The van der Waals surface area contributed by atoms with E-state index >= 15 is 0 Å². The second kappa shape index (κ2) is 10.00. The molecule has 0 unspecified atom stereocenters. The van der Waals surface area contributed by atoms with Crippen LogP contribution in [-0.2, 0) is 14.3 Å². The van der Waals surface area contributed by atoms with E-state index in [1.165, 1.54) is 25.3 Å². The van der Waals surface area contributed by atoms with Crippen molar-refractivity contribution in [3.63, 3.8) is 0 Å². The highest BCUT2D eigenvalue weighted by molar-refractivity contribution is 6.37. The zero-order chi connectivity index (χ0) is 20.7. The van der Waals surface area contributed by atoms with Crippen molar-refractivity contribution in [2.45, 2.75) is 0 Å². The number of hydrogen-bond donors (Lipinski definition) is 1. The summed E-state index contributed by atoms with van der Waals surface area (Å²) < 4.78 is 9.71. The molecule has 0 saturated heterocycles. The van der Waals surface area contributed by atoms with Gasteiger partial charge in [0.15, 0.2) is 12.4 Å². The van der Waals surface area contributed by atoms with Crippen LogP contribution in [-0.4, -0.2) is 25.6 Å². The SMILES string of the molecule is COC(=O)COc1c(Cl)cc(/C=C(\C#N)C(=O)Nc2cccc(Cl)c2)cc1Cl. The van der Waals surface area contributed by atoms with Crippen LogP contribution in [0.3, 0.4) is 0 Å². The summed E-state index contributed by atoms with van der Waals surface area (Å²) in [5, 5.41) is 12.5. The fraction of sp³-hybridized carbons (Fsp3) is 0.105. The van der Waals surface area contributed by atoms with Crippen LogP contribution in [0.25, 0.3) is 6.08 Å². The van der Waals surface area contributed by atoms with Crippen molar-refractivity contribution in [3.05, 3.63) is 62.6 Å². The fourth-order valence-corrected chi connectivity index (χ4v) is 2.87. The highest BCUT2D eigenvalue weighted by Crippen LogP contribution is 2.35. The van der Waals surface area contributed by atoms with Crippen molar-refractivity contribution in [1.29, 1.82) is 5.26 Å². The van der Waals surface area contributed by atoms with Gasteiger partial charge in [-0.2, -0.15) is 5.26 Å². The molecular weight excluding hydrogens is 427 g/mol. The second-order valence-corrected chi connectivity index (χ2v) is 6.56. The number of anilines is 1. The van der Waals surface area contributed by atoms with Crippen molar-refractivity contribution in [3.8, 4) is 11.8 Å². The predicted molar refractivity (Wildman–Crippen MR) is 108 cm³/mol. The zero-order valence-corrected chi connectivity index (χ0v) is 16.7. The average molecular weight is 440 g/mol. The van der Waals surface area contributed by atoms with E-state index in [9.17, 15) is 14.9 Å². The van der Waals surface area contributed by atoms with Crippen molar-refractivity contribution in [1.82, 2.24) is 0 Å². The van der Waals surface area contributed by atoms with Crippen molar-refractivity contribution in [2.24, 2.45) is 0 Å². The summed E-state index contributed by atoms with van der Waals surface area (Å²) in [6.45, 7) is -0.364. The van der Waals surface area contributed by atoms with Gasteiger partial charge < -0.3 is 14.8 Å². The Morgan fingerprint density at radius 3 is 2.43 bits per heavy atom. The zero-order valence-electron chi connectivity index (χ0n) is 14.5.